The molecule has 0 unspecified atom stereocenters. The average molecular weight is 613 g/mol. The molecule has 0 heterocycles. The Bertz CT molecular complexity index is 2570. The first-order valence-electron chi connectivity index (χ1n) is 16.4. The summed E-state index contributed by atoms with van der Waals surface area (Å²) in [4.78, 5) is 4.80. The maximum atomic E-state index is 2.41. The van der Waals surface area contributed by atoms with Crippen molar-refractivity contribution in [3.05, 3.63) is 194 Å². The molecule has 0 amide bonds. The fourth-order valence-electron chi connectivity index (χ4n) is 7.06. The van der Waals surface area contributed by atoms with Crippen molar-refractivity contribution in [2.24, 2.45) is 0 Å². The van der Waals surface area contributed by atoms with Gasteiger partial charge in [0.05, 0.1) is 5.69 Å². The molecule has 0 atom stereocenters. The van der Waals surface area contributed by atoms with Gasteiger partial charge in [-0.1, -0.05) is 133 Å². The molecule has 0 aromatic heterocycles. The van der Waals surface area contributed by atoms with E-state index in [1.807, 2.05) is 0 Å². The molecular weight excluding hydrogens is 581 g/mol. The maximum Gasteiger partial charge on any atom is 0.0561 e. The molecule has 0 spiro atoms. The lowest BCUT2D eigenvalue weighted by molar-refractivity contribution is 1.27. The summed E-state index contributed by atoms with van der Waals surface area (Å²) in [6.07, 6.45) is 0. The summed E-state index contributed by atoms with van der Waals surface area (Å²) < 4.78 is 0. The summed E-state index contributed by atoms with van der Waals surface area (Å²) in [6, 6.07) is 70.1. The van der Waals surface area contributed by atoms with Crippen LogP contribution in [0.25, 0.3) is 43.1 Å². The Kier molecular flexibility index (Phi) is 6.84. The van der Waals surface area contributed by atoms with Crippen LogP contribution in [-0.2, 0) is 0 Å². The van der Waals surface area contributed by atoms with Gasteiger partial charge in [-0.25, -0.2) is 0 Å². The monoisotopic (exact) mass is 612 g/mol. The predicted octanol–water partition coefficient (Wildman–Crippen LogP) is 13.2. The third-order valence-electron chi connectivity index (χ3n) is 9.33. The topological polar surface area (TPSA) is 6.48 Å². The lowest BCUT2D eigenvalue weighted by Crippen LogP contribution is -2.14. The zero-order chi connectivity index (χ0) is 31.9. The number of para-hydroxylation sites is 2. The van der Waals surface area contributed by atoms with Gasteiger partial charge in [0.25, 0.3) is 0 Å². The quantitative estimate of drug-likeness (QED) is 0.172. The Labute approximate surface area is 280 Å². The van der Waals surface area contributed by atoms with E-state index >= 15 is 0 Å². The highest BCUT2D eigenvalue weighted by Crippen LogP contribution is 2.46. The molecule has 226 valence electrons. The highest BCUT2D eigenvalue weighted by molar-refractivity contribution is 6.15. The Morgan fingerprint density at radius 1 is 0.229 bits per heavy atom. The number of hydrogen-bond acceptors (Lipinski definition) is 2. The lowest BCUT2D eigenvalue weighted by Gasteiger charge is -2.31. The molecule has 48 heavy (non-hydrogen) atoms. The summed E-state index contributed by atoms with van der Waals surface area (Å²) in [6.45, 7) is 0. The second-order valence-electron chi connectivity index (χ2n) is 12.3. The highest BCUT2D eigenvalue weighted by atomic mass is 15.2. The second-order valence-corrected chi connectivity index (χ2v) is 12.3. The minimum absolute atomic E-state index is 1.09. The van der Waals surface area contributed by atoms with E-state index < -0.39 is 0 Å². The van der Waals surface area contributed by atoms with Gasteiger partial charge in [-0.05, 0) is 98.4 Å². The average Bonchev–Trinajstić information content (AvgIpc) is 3.16. The van der Waals surface area contributed by atoms with Crippen LogP contribution in [0, 0.1) is 0 Å². The molecule has 9 rings (SSSR count). The molecule has 0 bridgehead atoms. The zero-order valence-corrected chi connectivity index (χ0v) is 26.4. The van der Waals surface area contributed by atoms with E-state index in [1.165, 1.54) is 43.1 Å². The molecule has 0 saturated heterocycles. The Hall–Kier alpha value is -6.38. The molecule has 0 aliphatic carbocycles. The largest absolute Gasteiger partial charge is 0.310 e. The third-order valence-corrected chi connectivity index (χ3v) is 9.33. The van der Waals surface area contributed by atoms with E-state index in [9.17, 15) is 0 Å². The molecule has 0 aliphatic heterocycles. The summed E-state index contributed by atoms with van der Waals surface area (Å²) >= 11 is 0. The van der Waals surface area contributed by atoms with Crippen molar-refractivity contribution in [3.63, 3.8) is 0 Å². The van der Waals surface area contributed by atoms with Crippen LogP contribution in [0.15, 0.2) is 194 Å². The normalized spacial score (nSPS) is 11.3. The molecule has 2 heteroatoms. The summed E-state index contributed by atoms with van der Waals surface area (Å²) in [7, 11) is 0. The molecular formula is C46H32N2. The van der Waals surface area contributed by atoms with E-state index in [0.717, 1.165) is 34.1 Å². The van der Waals surface area contributed by atoms with Crippen LogP contribution in [0.5, 0.6) is 0 Å². The van der Waals surface area contributed by atoms with E-state index in [-0.39, 0.29) is 0 Å². The zero-order valence-electron chi connectivity index (χ0n) is 26.4. The van der Waals surface area contributed by atoms with Crippen molar-refractivity contribution < 1.29 is 0 Å². The first-order chi connectivity index (χ1) is 23.8. The lowest BCUT2D eigenvalue weighted by atomic mass is 9.98. The first-order valence-corrected chi connectivity index (χ1v) is 16.4. The molecule has 0 radical (unpaired) electrons. The van der Waals surface area contributed by atoms with E-state index in [4.69, 9.17) is 0 Å². The molecule has 0 fully saturated rings. The summed E-state index contributed by atoms with van der Waals surface area (Å²) in [5.74, 6) is 0. The molecule has 9 aromatic rings. The van der Waals surface area contributed by atoms with Gasteiger partial charge in [0, 0.05) is 33.8 Å². The minimum Gasteiger partial charge on any atom is -0.310 e. The number of fused-ring (bicyclic) bond motifs is 5. The van der Waals surface area contributed by atoms with Gasteiger partial charge >= 0.3 is 0 Å². The van der Waals surface area contributed by atoms with Crippen molar-refractivity contribution in [1.82, 2.24) is 0 Å². The molecule has 0 aliphatic rings. The minimum atomic E-state index is 1.09. The molecule has 2 nitrogen and oxygen atoms in total. The van der Waals surface area contributed by atoms with Crippen LogP contribution in [-0.4, -0.2) is 0 Å². The summed E-state index contributed by atoms with van der Waals surface area (Å²) in [5, 5.41) is 9.74. The second kappa shape index (κ2) is 11.8. The van der Waals surface area contributed by atoms with Crippen LogP contribution in [0.4, 0.5) is 34.1 Å². The van der Waals surface area contributed by atoms with Crippen molar-refractivity contribution in [2.45, 2.75) is 0 Å². The SMILES string of the molecule is c1ccc(N(c2ccc3ccccc3c2)c2cc(N(c3ccccc3)c3ccc4ccccc4c3)c3ccc4ccccc4c3c2)cc1. The third kappa shape index (κ3) is 4.92. The van der Waals surface area contributed by atoms with Crippen molar-refractivity contribution in [3.8, 4) is 0 Å². The van der Waals surface area contributed by atoms with Gasteiger partial charge in [-0.3, -0.25) is 0 Å². The first kappa shape index (κ1) is 27.9. The Balaban J connectivity index is 1.37. The number of anilines is 6. The predicted molar refractivity (Wildman–Crippen MR) is 206 cm³/mol. The van der Waals surface area contributed by atoms with E-state index in [1.54, 1.807) is 0 Å². The number of rotatable bonds is 6. The van der Waals surface area contributed by atoms with Crippen LogP contribution >= 0.6 is 0 Å². The van der Waals surface area contributed by atoms with Crippen molar-refractivity contribution in [1.29, 1.82) is 0 Å². The van der Waals surface area contributed by atoms with Gasteiger partial charge in [0.15, 0.2) is 0 Å². The van der Waals surface area contributed by atoms with Gasteiger partial charge < -0.3 is 9.80 Å². The maximum absolute atomic E-state index is 2.41. The van der Waals surface area contributed by atoms with Crippen LogP contribution in [0.3, 0.4) is 0 Å². The number of nitrogens with zero attached hydrogens (tertiary/aromatic N) is 2. The molecule has 9 aromatic carbocycles. The van der Waals surface area contributed by atoms with Crippen molar-refractivity contribution >= 4 is 77.2 Å². The van der Waals surface area contributed by atoms with E-state index in [2.05, 4.69) is 204 Å². The van der Waals surface area contributed by atoms with Gasteiger partial charge in [-0.15, -0.1) is 0 Å². The van der Waals surface area contributed by atoms with Crippen LogP contribution < -0.4 is 9.80 Å². The van der Waals surface area contributed by atoms with Gasteiger partial charge in [-0.2, -0.15) is 0 Å². The Morgan fingerprint density at radius 3 is 1.33 bits per heavy atom. The fraction of sp³-hybridized carbons (Fsp3) is 0. The standard InChI is InChI=1S/C46H32N2/c1-3-18-38(19-4-1)47(40-26-23-33-13-7-9-16-36(33)29-40)42-31-45-43-22-12-11-15-35(43)25-28-44(45)46(32-42)48(39-20-5-2-6-21-39)41-27-24-34-14-8-10-17-37(34)30-41/h1-32H. The fourth-order valence-corrected chi connectivity index (χ4v) is 7.06. The van der Waals surface area contributed by atoms with Crippen molar-refractivity contribution in [2.75, 3.05) is 9.80 Å². The molecule has 0 saturated carbocycles. The van der Waals surface area contributed by atoms with Gasteiger partial charge in [0.2, 0.25) is 0 Å². The van der Waals surface area contributed by atoms with E-state index in [0.29, 0.717) is 0 Å². The van der Waals surface area contributed by atoms with Crippen LogP contribution in [0.1, 0.15) is 0 Å². The van der Waals surface area contributed by atoms with Crippen LogP contribution in [0.2, 0.25) is 0 Å². The number of hydrogen-bond donors (Lipinski definition) is 0. The smallest absolute Gasteiger partial charge is 0.0561 e. The number of benzene rings is 9. The molecule has 0 N–H and O–H groups in total. The Morgan fingerprint density at radius 2 is 0.708 bits per heavy atom. The summed E-state index contributed by atoms with van der Waals surface area (Å²) in [5.41, 5.74) is 6.66. The van der Waals surface area contributed by atoms with Gasteiger partial charge in [0.1, 0.15) is 0 Å². The highest BCUT2D eigenvalue weighted by Gasteiger charge is 2.21.